The second kappa shape index (κ2) is 8.14. The number of halogens is 1. The highest BCUT2D eigenvalue weighted by atomic mass is 35.5. The first-order valence-corrected chi connectivity index (χ1v) is 9.64. The fraction of sp³-hybridized carbons (Fsp3) is 0.364. The molecule has 0 spiro atoms. The van der Waals surface area contributed by atoms with Crippen LogP contribution in [-0.2, 0) is 9.59 Å². The van der Waals surface area contributed by atoms with Crippen molar-refractivity contribution in [1.82, 2.24) is 4.90 Å². The van der Waals surface area contributed by atoms with Crippen LogP contribution in [0, 0.1) is 0 Å². The van der Waals surface area contributed by atoms with Crippen LogP contribution < -0.4 is 16.0 Å². The summed E-state index contributed by atoms with van der Waals surface area (Å²) in [6.45, 7) is 5.19. The molecule has 6 nitrogen and oxygen atoms in total. The summed E-state index contributed by atoms with van der Waals surface area (Å²) in [7, 11) is 0. The van der Waals surface area contributed by atoms with Gasteiger partial charge in [0.15, 0.2) is 0 Å². The summed E-state index contributed by atoms with van der Waals surface area (Å²) in [5, 5.41) is 2.90. The quantitative estimate of drug-likeness (QED) is 0.809. The summed E-state index contributed by atoms with van der Waals surface area (Å²) in [4.78, 5) is 29.6. The van der Waals surface area contributed by atoms with Gasteiger partial charge in [0.05, 0.1) is 17.9 Å². The minimum absolute atomic E-state index is 0. The van der Waals surface area contributed by atoms with Crippen LogP contribution in [0.2, 0.25) is 0 Å². The minimum atomic E-state index is -0.952. The van der Waals surface area contributed by atoms with E-state index in [9.17, 15) is 9.59 Å². The lowest BCUT2D eigenvalue weighted by molar-refractivity contribution is -0.127. The normalized spacial score (nSPS) is 23.1. The van der Waals surface area contributed by atoms with Gasteiger partial charge in [-0.1, -0.05) is 42.5 Å². The van der Waals surface area contributed by atoms with Gasteiger partial charge in [-0.15, -0.1) is 12.4 Å². The van der Waals surface area contributed by atoms with Gasteiger partial charge in [-0.3, -0.25) is 19.4 Å². The van der Waals surface area contributed by atoms with Gasteiger partial charge >= 0.3 is 0 Å². The number of fused-ring (bicyclic) bond motifs is 1. The van der Waals surface area contributed by atoms with E-state index in [0.29, 0.717) is 12.2 Å². The molecule has 3 N–H and O–H groups in total. The van der Waals surface area contributed by atoms with Crippen molar-refractivity contribution in [3.05, 3.63) is 60.2 Å². The van der Waals surface area contributed by atoms with E-state index in [2.05, 4.69) is 22.3 Å². The molecular formula is C22H27ClN4O2. The molecule has 0 radical (unpaired) electrons. The first-order valence-electron chi connectivity index (χ1n) is 9.64. The van der Waals surface area contributed by atoms with Crippen LogP contribution >= 0.6 is 12.4 Å². The van der Waals surface area contributed by atoms with Crippen LogP contribution in [0.5, 0.6) is 0 Å². The molecule has 29 heavy (non-hydrogen) atoms. The molecular weight excluding hydrogens is 388 g/mol. The second-order valence-corrected chi connectivity index (χ2v) is 8.13. The Morgan fingerprint density at radius 3 is 2.48 bits per heavy atom. The summed E-state index contributed by atoms with van der Waals surface area (Å²) in [6, 6.07) is 17.6. The Morgan fingerprint density at radius 1 is 1.10 bits per heavy atom. The summed E-state index contributed by atoms with van der Waals surface area (Å²) in [6.07, 6.45) is 0. The van der Waals surface area contributed by atoms with E-state index in [-0.39, 0.29) is 42.7 Å². The topological polar surface area (TPSA) is 78.7 Å². The van der Waals surface area contributed by atoms with Crippen molar-refractivity contribution in [2.75, 3.05) is 29.9 Å². The Morgan fingerprint density at radius 2 is 1.76 bits per heavy atom. The molecule has 1 saturated heterocycles. The number of nitrogens with one attached hydrogen (secondary N) is 1. The number of rotatable bonds is 3. The van der Waals surface area contributed by atoms with Crippen LogP contribution in [0.4, 0.5) is 11.4 Å². The number of hydrogen-bond acceptors (Lipinski definition) is 4. The lowest BCUT2D eigenvalue weighted by atomic mass is 9.95. The zero-order valence-corrected chi connectivity index (χ0v) is 17.5. The van der Waals surface area contributed by atoms with Gasteiger partial charge in [-0.25, -0.2) is 0 Å². The smallest absolute Gasteiger partial charge is 0.250 e. The van der Waals surface area contributed by atoms with Crippen molar-refractivity contribution in [2.45, 2.75) is 31.3 Å². The van der Waals surface area contributed by atoms with E-state index >= 15 is 0 Å². The maximum Gasteiger partial charge on any atom is 0.250 e. The average Bonchev–Trinajstić information content (AvgIpc) is 3.03. The lowest BCUT2D eigenvalue weighted by Crippen LogP contribution is -2.60. The Bertz CT molecular complexity index is 903. The third-order valence-electron chi connectivity index (χ3n) is 5.78. The van der Waals surface area contributed by atoms with Crippen LogP contribution in [0.15, 0.2) is 54.6 Å². The highest BCUT2D eigenvalue weighted by Crippen LogP contribution is 2.37. The third kappa shape index (κ3) is 3.88. The molecule has 2 aromatic carbocycles. The van der Waals surface area contributed by atoms with E-state index in [4.69, 9.17) is 5.73 Å². The Hall–Kier alpha value is -2.41. The van der Waals surface area contributed by atoms with Crippen molar-refractivity contribution in [2.24, 2.45) is 5.73 Å². The molecule has 2 amide bonds. The largest absolute Gasteiger partial charge is 0.326 e. The standard InChI is InChI=1S/C22H26N4O2.ClH/c1-22(2)21(28)24-18-10-6-7-11-19(18)26(22)20(27)14-25-12-16(17(23)13-25)15-8-4-3-5-9-15;/h3-11,16-17H,12-14,23H2,1-2H3,(H,24,28);1H/t16-,17+;/m0./s1. The molecule has 4 rings (SSSR count). The first kappa shape index (κ1) is 21.3. The predicted octanol–water partition coefficient (Wildman–Crippen LogP) is 2.60. The van der Waals surface area contributed by atoms with Gasteiger partial charge in [0.2, 0.25) is 11.8 Å². The summed E-state index contributed by atoms with van der Waals surface area (Å²) in [5.41, 5.74) is 8.03. The van der Waals surface area contributed by atoms with Gasteiger partial charge in [0.1, 0.15) is 5.54 Å². The molecule has 0 aliphatic carbocycles. The molecule has 0 unspecified atom stereocenters. The van der Waals surface area contributed by atoms with Crippen molar-refractivity contribution in [1.29, 1.82) is 0 Å². The van der Waals surface area contributed by atoms with Gasteiger partial charge < -0.3 is 11.1 Å². The average molecular weight is 415 g/mol. The number of likely N-dealkylation sites (tertiary alicyclic amines) is 1. The molecule has 2 heterocycles. The van der Waals surface area contributed by atoms with Crippen molar-refractivity contribution >= 4 is 35.6 Å². The van der Waals surface area contributed by atoms with Gasteiger partial charge in [-0.2, -0.15) is 0 Å². The molecule has 0 saturated carbocycles. The maximum absolute atomic E-state index is 13.3. The van der Waals surface area contributed by atoms with Crippen LogP contribution in [-0.4, -0.2) is 47.9 Å². The van der Waals surface area contributed by atoms with Crippen molar-refractivity contribution in [3.8, 4) is 0 Å². The predicted molar refractivity (Wildman–Crippen MR) is 117 cm³/mol. The lowest BCUT2D eigenvalue weighted by Gasteiger charge is -2.42. The van der Waals surface area contributed by atoms with Crippen LogP contribution in [0.3, 0.4) is 0 Å². The van der Waals surface area contributed by atoms with Crippen LogP contribution in [0.25, 0.3) is 0 Å². The van der Waals surface area contributed by atoms with Crippen molar-refractivity contribution < 1.29 is 9.59 Å². The van der Waals surface area contributed by atoms with E-state index in [1.54, 1.807) is 18.7 Å². The Labute approximate surface area is 177 Å². The minimum Gasteiger partial charge on any atom is -0.326 e. The SMILES string of the molecule is CC1(C)C(=O)Nc2ccccc2N1C(=O)CN1C[C@@H](N)[C@H](c2ccccc2)C1.Cl. The summed E-state index contributed by atoms with van der Waals surface area (Å²) >= 11 is 0. The third-order valence-corrected chi connectivity index (χ3v) is 5.78. The number of amides is 2. The molecule has 2 aromatic rings. The number of benzene rings is 2. The number of carbonyl (C=O) groups is 2. The summed E-state index contributed by atoms with van der Waals surface area (Å²) in [5.74, 6) is -0.0630. The maximum atomic E-state index is 13.3. The monoisotopic (exact) mass is 414 g/mol. The molecule has 0 bridgehead atoms. The summed E-state index contributed by atoms with van der Waals surface area (Å²) < 4.78 is 0. The Balaban J connectivity index is 0.00000240. The van der Waals surface area contributed by atoms with E-state index in [1.807, 2.05) is 42.5 Å². The molecule has 2 aliphatic rings. The van der Waals surface area contributed by atoms with E-state index in [0.717, 1.165) is 12.2 Å². The zero-order valence-electron chi connectivity index (χ0n) is 16.7. The second-order valence-electron chi connectivity index (χ2n) is 8.13. The molecule has 154 valence electrons. The fourth-order valence-electron chi connectivity index (χ4n) is 4.26. The van der Waals surface area contributed by atoms with Gasteiger partial charge in [0, 0.05) is 25.0 Å². The van der Waals surface area contributed by atoms with Gasteiger partial charge in [0.25, 0.3) is 0 Å². The fourth-order valence-corrected chi connectivity index (χ4v) is 4.26. The highest BCUT2D eigenvalue weighted by Gasteiger charge is 2.44. The van der Waals surface area contributed by atoms with E-state index in [1.165, 1.54) is 5.56 Å². The molecule has 2 atom stereocenters. The number of carbonyl (C=O) groups excluding carboxylic acids is 2. The number of nitrogens with two attached hydrogens (primary N) is 1. The number of anilines is 2. The zero-order chi connectivity index (χ0) is 19.9. The Kier molecular flexibility index (Phi) is 5.98. The molecule has 0 aromatic heterocycles. The van der Waals surface area contributed by atoms with Gasteiger partial charge in [-0.05, 0) is 31.5 Å². The number of para-hydroxylation sites is 2. The highest BCUT2D eigenvalue weighted by molar-refractivity contribution is 6.14. The molecule has 2 aliphatic heterocycles. The van der Waals surface area contributed by atoms with E-state index < -0.39 is 5.54 Å². The first-order chi connectivity index (χ1) is 13.4. The molecule has 7 heteroatoms. The number of hydrogen-bond donors (Lipinski definition) is 2. The van der Waals surface area contributed by atoms with Crippen LogP contribution in [0.1, 0.15) is 25.3 Å². The molecule has 1 fully saturated rings. The number of nitrogens with zero attached hydrogens (tertiary/aromatic N) is 2. The van der Waals surface area contributed by atoms with Crippen molar-refractivity contribution in [3.63, 3.8) is 0 Å².